The van der Waals surface area contributed by atoms with E-state index in [0.717, 1.165) is 36.3 Å². The fraction of sp³-hybridized carbons (Fsp3) is 0.333. The van der Waals surface area contributed by atoms with Crippen LogP contribution in [0.1, 0.15) is 17.5 Å². The van der Waals surface area contributed by atoms with Crippen molar-refractivity contribution in [1.29, 1.82) is 0 Å². The Hall–Kier alpha value is -1.32. The minimum atomic E-state index is 0.236. The Morgan fingerprint density at radius 2 is 1.90 bits per heavy atom. The van der Waals surface area contributed by atoms with Gasteiger partial charge in [-0.25, -0.2) is 0 Å². The summed E-state index contributed by atoms with van der Waals surface area (Å²) in [4.78, 5) is 0. The molecule has 1 saturated heterocycles. The maximum Gasteiger partial charge on any atom is 0.120 e. The Morgan fingerprint density at radius 3 is 2.52 bits per heavy atom. The van der Waals surface area contributed by atoms with Gasteiger partial charge < -0.3 is 10.1 Å². The quantitative estimate of drug-likeness (QED) is 0.881. The topological polar surface area (TPSA) is 21.3 Å². The van der Waals surface area contributed by atoms with Crippen molar-refractivity contribution in [1.82, 2.24) is 5.32 Å². The van der Waals surface area contributed by atoms with Crippen LogP contribution in [-0.2, 0) is 5.41 Å². The van der Waals surface area contributed by atoms with Crippen molar-refractivity contribution in [3.8, 4) is 5.75 Å². The fourth-order valence-corrected chi connectivity index (χ4v) is 3.16. The van der Waals surface area contributed by atoms with Crippen LogP contribution < -0.4 is 10.1 Å². The summed E-state index contributed by atoms with van der Waals surface area (Å²) in [7, 11) is 0. The highest BCUT2D eigenvalue weighted by Crippen LogP contribution is 2.32. The Kier molecular flexibility index (Phi) is 4.32. The molecule has 1 fully saturated rings. The molecule has 0 bridgehead atoms. The van der Waals surface area contributed by atoms with E-state index in [-0.39, 0.29) is 5.41 Å². The van der Waals surface area contributed by atoms with Gasteiger partial charge in [0.25, 0.3) is 0 Å². The lowest BCUT2D eigenvalue weighted by molar-refractivity contribution is 0.199. The van der Waals surface area contributed by atoms with Crippen LogP contribution in [0, 0.1) is 6.92 Å². The minimum absolute atomic E-state index is 0.236. The molecule has 0 unspecified atom stereocenters. The third-order valence-corrected chi connectivity index (χ3v) is 4.73. The second-order valence-corrected chi connectivity index (χ2v) is 6.72. The molecule has 21 heavy (non-hydrogen) atoms. The first-order valence-electron chi connectivity index (χ1n) is 7.34. The lowest BCUT2D eigenvalue weighted by atomic mass is 9.73. The van der Waals surface area contributed by atoms with Crippen LogP contribution in [0.5, 0.6) is 5.75 Å². The van der Waals surface area contributed by atoms with Gasteiger partial charge in [-0.1, -0.05) is 51.8 Å². The second kappa shape index (κ2) is 6.20. The van der Waals surface area contributed by atoms with Crippen LogP contribution in [0.4, 0.5) is 0 Å². The monoisotopic (exact) mass is 345 g/mol. The van der Waals surface area contributed by atoms with Crippen LogP contribution in [0.25, 0.3) is 0 Å². The molecule has 0 saturated carbocycles. The van der Waals surface area contributed by atoms with Crippen LogP contribution in [0.3, 0.4) is 0 Å². The van der Waals surface area contributed by atoms with Gasteiger partial charge in [-0.05, 0) is 37.1 Å². The predicted octanol–water partition coefficient (Wildman–Crippen LogP) is 4.07. The zero-order chi connectivity index (χ0) is 14.7. The van der Waals surface area contributed by atoms with Crippen molar-refractivity contribution in [2.75, 3.05) is 19.7 Å². The fourth-order valence-electron chi connectivity index (χ4n) is 2.78. The van der Waals surface area contributed by atoms with E-state index in [2.05, 4.69) is 52.4 Å². The largest absolute Gasteiger partial charge is 0.494 e. The number of nitrogens with one attached hydrogen (secondary N) is 1. The average Bonchev–Trinajstić information content (AvgIpc) is 2.43. The maximum absolute atomic E-state index is 5.91. The number of hydrogen-bond donors (Lipinski definition) is 1. The first kappa shape index (κ1) is 14.6. The molecular weight excluding hydrogens is 326 g/mol. The molecule has 2 aromatic carbocycles. The normalized spacial score (nSPS) is 16.3. The Labute approximate surface area is 134 Å². The van der Waals surface area contributed by atoms with Crippen LogP contribution >= 0.6 is 15.9 Å². The van der Waals surface area contributed by atoms with E-state index in [4.69, 9.17) is 4.74 Å². The molecule has 0 amide bonds. The minimum Gasteiger partial charge on any atom is -0.494 e. The Balaban J connectivity index is 1.63. The summed E-state index contributed by atoms with van der Waals surface area (Å²) in [6, 6.07) is 16.9. The molecule has 3 rings (SSSR count). The highest BCUT2D eigenvalue weighted by atomic mass is 79.9. The zero-order valence-corrected chi connectivity index (χ0v) is 13.8. The van der Waals surface area contributed by atoms with E-state index in [1.807, 2.05) is 24.3 Å². The van der Waals surface area contributed by atoms with E-state index >= 15 is 0 Å². The molecule has 3 heteroatoms. The van der Waals surface area contributed by atoms with Gasteiger partial charge in [0.1, 0.15) is 5.75 Å². The van der Waals surface area contributed by atoms with Crippen molar-refractivity contribution in [2.45, 2.75) is 18.8 Å². The average molecular weight is 346 g/mol. The third-order valence-electron chi connectivity index (χ3n) is 4.24. The van der Waals surface area contributed by atoms with E-state index in [1.165, 1.54) is 11.1 Å². The lowest BCUT2D eigenvalue weighted by Gasteiger charge is -2.43. The van der Waals surface area contributed by atoms with Gasteiger partial charge in [-0.3, -0.25) is 0 Å². The second-order valence-electron chi connectivity index (χ2n) is 5.81. The molecule has 0 spiro atoms. The van der Waals surface area contributed by atoms with Gasteiger partial charge in [-0.2, -0.15) is 0 Å². The molecule has 1 N–H and O–H groups in total. The maximum atomic E-state index is 5.91. The van der Waals surface area contributed by atoms with Gasteiger partial charge in [0, 0.05) is 23.0 Å². The number of halogens is 1. The molecule has 110 valence electrons. The number of rotatable bonds is 5. The van der Waals surface area contributed by atoms with Gasteiger partial charge in [0.15, 0.2) is 0 Å². The molecule has 0 aliphatic carbocycles. The molecule has 2 aromatic rings. The van der Waals surface area contributed by atoms with E-state index in [9.17, 15) is 0 Å². The molecule has 0 radical (unpaired) electrons. The summed E-state index contributed by atoms with van der Waals surface area (Å²) in [5.74, 6) is 0.927. The van der Waals surface area contributed by atoms with E-state index in [0.29, 0.717) is 0 Å². The van der Waals surface area contributed by atoms with Crippen LogP contribution in [0.2, 0.25) is 0 Å². The molecule has 1 heterocycles. The van der Waals surface area contributed by atoms with Crippen molar-refractivity contribution < 1.29 is 4.74 Å². The van der Waals surface area contributed by atoms with Crippen LogP contribution in [0.15, 0.2) is 53.0 Å². The zero-order valence-electron chi connectivity index (χ0n) is 12.2. The summed E-state index contributed by atoms with van der Waals surface area (Å²) in [6.45, 7) is 4.95. The Bertz CT molecular complexity index is 605. The highest BCUT2D eigenvalue weighted by Gasteiger charge is 2.38. The summed E-state index contributed by atoms with van der Waals surface area (Å²) < 4.78 is 6.96. The SMILES string of the molecule is Cc1ccc(C2(CCOc3cccc(Br)c3)CNC2)cc1. The van der Waals surface area contributed by atoms with Gasteiger partial charge >= 0.3 is 0 Å². The van der Waals surface area contributed by atoms with Crippen molar-refractivity contribution in [3.63, 3.8) is 0 Å². The van der Waals surface area contributed by atoms with E-state index in [1.54, 1.807) is 0 Å². The van der Waals surface area contributed by atoms with Crippen molar-refractivity contribution in [3.05, 3.63) is 64.1 Å². The van der Waals surface area contributed by atoms with Gasteiger partial charge in [-0.15, -0.1) is 0 Å². The standard InChI is InChI=1S/C18H20BrNO/c1-14-5-7-15(8-6-14)18(12-20-13-18)9-10-21-17-4-2-3-16(19)11-17/h2-8,11,20H,9-10,12-13H2,1H3. The number of benzene rings is 2. The van der Waals surface area contributed by atoms with E-state index < -0.39 is 0 Å². The van der Waals surface area contributed by atoms with Crippen LogP contribution in [-0.4, -0.2) is 19.7 Å². The number of hydrogen-bond acceptors (Lipinski definition) is 2. The molecule has 0 atom stereocenters. The predicted molar refractivity (Wildman–Crippen MR) is 90.0 cm³/mol. The number of ether oxygens (including phenoxy) is 1. The van der Waals surface area contributed by atoms with Crippen molar-refractivity contribution in [2.24, 2.45) is 0 Å². The first-order valence-corrected chi connectivity index (χ1v) is 8.14. The molecule has 2 nitrogen and oxygen atoms in total. The third kappa shape index (κ3) is 3.30. The summed E-state index contributed by atoms with van der Waals surface area (Å²) in [5, 5.41) is 3.41. The first-order chi connectivity index (χ1) is 10.2. The summed E-state index contributed by atoms with van der Waals surface area (Å²) in [6.07, 6.45) is 1.04. The summed E-state index contributed by atoms with van der Waals surface area (Å²) in [5.41, 5.74) is 2.97. The van der Waals surface area contributed by atoms with Gasteiger partial charge in [0.05, 0.1) is 6.61 Å². The molecule has 0 aromatic heterocycles. The Morgan fingerprint density at radius 1 is 1.14 bits per heavy atom. The molecule has 1 aliphatic heterocycles. The van der Waals surface area contributed by atoms with Gasteiger partial charge in [0.2, 0.25) is 0 Å². The summed E-state index contributed by atoms with van der Waals surface area (Å²) >= 11 is 3.47. The molecular formula is C18H20BrNO. The lowest BCUT2D eigenvalue weighted by Crippen LogP contribution is -2.57. The smallest absolute Gasteiger partial charge is 0.120 e. The number of aryl methyl sites for hydroxylation is 1. The highest BCUT2D eigenvalue weighted by molar-refractivity contribution is 9.10. The van der Waals surface area contributed by atoms with Crippen molar-refractivity contribution >= 4 is 15.9 Å². The molecule has 1 aliphatic rings.